The molecule has 0 amide bonds. The van der Waals surface area contributed by atoms with Crippen LogP contribution >= 0.6 is 0 Å². The van der Waals surface area contributed by atoms with Crippen LogP contribution in [0.15, 0.2) is 35.1 Å². The fraction of sp³-hybridized carbons (Fsp3) is 0.444. The number of rotatable bonds is 4. The van der Waals surface area contributed by atoms with Crippen molar-refractivity contribution in [3.63, 3.8) is 0 Å². The van der Waals surface area contributed by atoms with E-state index in [0.717, 1.165) is 47.7 Å². The second-order valence-electron chi connectivity index (χ2n) is 9.50. The first-order chi connectivity index (χ1) is 17.3. The molecule has 1 unspecified atom stereocenters. The lowest BCUT2D eigenvalue weighted by Gasteiger charge is -2.33. The summed E-state index contributed by atoms with van der Waals surface area (Å²) < 4.78 is 28.6. The van der Waals surface area contributed by atoms with Gasteiger partial charge in [0.25, 0.3) is 12.0 Å². The van der Waals surface area contributed by atoms with Crippen LogP contribution < -0.4 is 20.7 Å². The summed E-state index contributed by atoms with van der Waals surface area (Å²) in [6.45, 7) is 3.69. The number of nitrogens with one attached hydrogen (secondary N) is 1. The van der Waals surface area contributed by atoms with E-state index in [9.17, 15) is 18.4 Å². The van der Waals surface area contributed by atoms with Crippen molar-refractivity contribution in [1.29, 1.82) is 0 Å². The largest absolute Gasteiger partial charge is 0.356 e. The summed E-state index contributed by atoms with van der Waals surface area (Å²) in [5.41, 5.74) is 2.98. The average Bonchev–Trinajstić information content (AvgIpc) is 3.36. The number of halogens is 2. The zero-order valence-electron chi connectivity index (χ0n) is 21.2. The molecule has 0 saturated carbocycles. The normalized spacial score (nSPS) is 17.2. The van der Waals surface area contributed by atoms with Crippen LogP contribution in [-0.4, -0.2) is 49.6 Å². The van der Waals surface area contributed by atoms with Crippen LogP contribution in [0.1, 0.15) is 36.0 Å². The maximum Gasteiger partial charge on any atom is 0.263 e. The minimum absolute atomic E-state index is 0.0157. The number of alkyl halides is 2. The molecule has 0 radical (unpaired) electrons. The molecule has 1 aromatic carbocycles. The van der Waals surface area contributed by atoms with Crippen molar-refractivity contribution in [3.05, 3.63) is 57.4 Å². The smallest absolute Gasteiger partial charge is 0.263 e. The Morgan fingerprint density at radius 3 is 2.58 bits per heavy atom. The van der Waals surface area contributed by atoms with E-state index in [4.69, 9.17) is 4.98 Å². The molecule has 1 atom stereocenters. The Bertz CT molecular complexity index is 1320. The van der Waals surface area contributed by atoms with Gasteiger partial charge in [-0.2, -0.15) is 0 Å². The first-order valence-corrected chi connectivity index (χ1v) is 12.3. The van der Waals surface area contributed by atoms with Gasteiger partial charge < -0.3 is 24.5 Å². The molecular formula is C27H33F2N5O2. The average molecular weight is 498 g/mol. The highest BCUT2D eigenvalue weighted by Crippen LogP contribution is 2.39. The molecule has 1 saturated heterocycles. The highest BCUT2D eigenvalue weighted by molar-refractivity contribution is 5.95. The van der Waals surface area contributed by atoms with Gasteiger partial charge in [-0.25, -0.2) is 13.8 Å². The Kier molecular flexibility index (Phi) is 7.68. The third-order valence-corrected chi connectivity index (χ3v) is 6.84. The monoisotopic (exact) mass is 497 g/mol. The summed E-state index contributed by atoms with van der Waals surface area (Å²) in [5.74, 6) is 1.30. The van der Waals surface area contributed by atoms with Gasteiger partial charge in [-0.05, 0) is 58.0 Å². The van der Waals surface area contributed by atoms with Gasteiger partial charge in [-0.15, -0.1) is 0 Å². The number of pyridine rings is 2. The van der Waals surface area contributed by atoms with Crippen LogP contribution in [0.2, 0.25) is 0 Å². The number of hydrogen-bond acceptors (Lipinski definition) is 6. The maximum atomic E-state index is 13.5. The first kappa shape index (κ1) is 25.8. The van der Waals surface area contributed by atoms with Crippen molar-refractivity contribution in [2.75, 3.05) is 43.5 Å². The molecule has 0 bridgehead atoms. The van der Waals surface area contributed by atoms with Crippen molar-refractivity contribution < 1.29 is 13.6 Å². The highest BCUT2D eigenvalue weighted by Gasteiger charge is 2.28. The van der Waals surface area contributed by atoms with E-state index in [1.165, 1.54) is 6.07 Å². The summed E-state index contributed by atoms with van der Waals surface area (Å²) in [7, 11) is 5.49. The molecule has 36 heavy (non-hydrogen) atoms. The number of nitrogens with zero attached hydrogens (tertiary/aromatic N) is 4. The zero-order chi connectivity index (χ0) is 26.0. The minimum atomic E-state index is -2.55. The Morgan fingerprint density at radius 1 is 1.17 bits per heavy atom. The summed E-state index contributed by atoms with van der Waals surface area (Å²) in [6.07, 6.45) is 0.875. The molecule has 0 aliphatic carbocycles. The number of aryl methyl sites for hydroxylation is 3. The number of benzene rings is 1. The fourth-order valence-corrected chi connectivity index (χ4v) is 5.01. The quantitative estimate of drug-likeness (QED) is 0.547. The van der Waals surface area contributed by atoms with Gasteiger partial charge in [-0.3, -0.25) is 4.79 Å². The third-order valence-electron chi connectivity index (χ3n) is 6.84. The molecule has 0 spiro atoms. The summed E-state index contributed by atoms with van der Waals surface area (Å²) >= 11 is 0. The fourth-order valence-electron chi connectivity index (χ4n) is 5.01. The highest BCUT2D eigenvalue weighted by atomic mass is 19.3. The molecule has 192 valence electrons. The molecule has 2 aliphatic heterocycles. The van der Waals surface area contributed by atoms with Crippen molar-refractivity contribution >= 4 is 34.5 Å². The van der Waals surface area contributed by atoms with Gasteiger partial charge in [0.2, 0.25) is 0 Å². The molecule has 7 nitrogen and oxygen atoms in total. The Balaban J connectivity index is 0.000000967. The third kappa shape index (κ3) is 4.84. The Morgan fingerprint density at radius 2 is 1.92 bits per heavy atom. The second-order valence-corrected chi connectivity index (χ2v) is 9.50. The minimum Gasteiger partial charge on any atom is -0.356 e. The Labute approximate surface area is 209 Å². The van der Waals surface area contributed by atoms with E-state index < -0.39 is 6.43 Å². The van der Waals surface area contributed by atoms with Crippen LogP contribution in [0, 0.1) is 12.8 Å². The lowest BCUT2D eigenvalue weighted by Crippen LogP contribution is -2.28. The molecule has 3 aromatic rings. The number of carbonyl (C=O) groups excluding carboxylic acids is 1. The van der Waals surface area contributed by atoms with Crippen LogP contribution in [0.4, 0.5) is 26.1 Å². The number of aromatic nitrogens is 2. The van der Waals surface area contributed by atoms with Crippen molar-refractivity contribution in [2.45, 2.75) is 32.6 Å². The zero-order valence-corrected chi connectivity index (χ0v) is 21.2. The first-order valence-electron chi connectivity index (χ1n) is 12.3. The number of fused-ring (bicyclic) bond motifs is 2. The number of anilines is 3. The molecule has 1 fully saturated rings. The lowest BCUT2D eigenvalue weighted by atomic mass is 9.99. The Hall–Kier alpha value is -3.33. The van der Waals surface area contributed by atoms with E-state index in [0.29, 0.717) is 36.8 Å². The van der Waals surface area contributed by atoms with Crippen molar-refractivity contribution in [3.8, 4) is 0 Å². The molecule has 4 heterocycles. The molecular weight excluding hydrogens is 464 g/mol. The molecule has 5 rings (SSSR count). The second kappa shape index (κ2) is 10.7. The topological polar surface area (TPSA) is 70.5 Å². The predicted octanol–water partition coefficient (Wildman–Crippen LogP) is 4.12. The van der Waals surface area contributed by atoms with Gasteiger partial charge in [0.15, 0.2) is 0 Å². The number of aldehydes is 1. The van der Waals surface area contributed by atoms with Gasteiger partial charge in [0, 0.05) is 60.9 Å². The SMILES string of the molecule is CNC.Cc1cc2c(N3CCCc4ccc(C(F)F)cc43)nc(N3CCC(C=O)C3)cc2n(C)c1=O. The van der Waals surface area contributed by atoms with E-state index in [1.807, 2.05) is 31.1 Å². The van der Waals surface area contributed by atoms with Crippen LogP contribution in [0.5, 0.6) is 0 Å². The van der Waals surface area contributed by atoms with Crippen LogP contribution in [0.3, 0.4) is 0 Å². The molecule has 1 N–H and O–H groups in total. The summed E-state index contributed by atoms with van der Waals surface area (Å²) in [6, 6.07) is 8.57. The van der Waals surface area contributed by atoms with E-state index in [1.54, 1.807) is 30.7 Å². The standard InChI is InChI=1S/C25H26F2N4O2.C2H7N/c1-15-10-19-21(29(2)25(15)33)12-22(30-9-7-16(13-30)14-32)28-24(19)31-8-3-4-17-5-6-18(23(26)27)11-20(17)31;1-3-2/h5-6,10-12,14,16,23H,3-4,7-9,13H2,1-2H3;3H,1-2H3. The number of carbonyl (C=O) groups is 1. The maximum absolute atomic E-state index is 13.5. The molecule has 9 heteroatoms. The van der Waals surface area contributed by atoms with Gasteiger partial charge >= 0.3 is 0 Å². The van der Waals surface area contributed by atoms with Crippen molar-refractivity contribution in [1.82, 2.24) is 14.9 Å². The summed E-state index contributed by atoms with van der Waals surface area (Å²) in [5, 5.41) is 3.56. The van der Waals surface area contributed by atoms with Crippen molar-refractivity contribution in [2.24, 2.45) is 13.0 Å². The predicted molar refractivity (Wildman–Crippen MR) is 140 cm³/mol. The van der Waals surface area contributed by atoms with Gasteiger partial charge in [-0.1, -0.05) is 12.1 Å². The van der Waals surface area contributed by atoms with Gasteiger partial charge in [0.05, 0.1) is 5.52 Å². The lowest BCUT2D eigenvalue weighted by molar-refractivity contribution is -0.110. The van der Waals surface area contributed by atoms with E-state index >= 15 is 0 Å². The van der Waals surface area contributed by atoms with Crippen LogP contribution in [0.25, 0.3) is 10.9 Å². The summed E-state index contributed by atoms with van der Waals surface area (Å²) in [4.78, 5) is 33.1. The van der Waals surface area contributed by atoms with E-state index in [2.05, 4.69) is 10.2 Å². The molecule has 2 aromatic heterocycles. The number of hydrogen-bond donors (Lipinski definition) is 1. The van der Waals surface area contributed by atoms with Crippen LogP contribution in [-0.2, 0) is 18.3 Å². The molecule has 2 aliphatic rings. The van der Waals surface area contributed by atoms with Gasteiger partial charge in [0.1, 0.15) is 17.9 Å². The van der Waals surface area contributed by atoms with E-state index in [-0.39, 0.29) is 17.0 Å².